The molecule has 0 aliphatic carbocycles. The van der Waals surface area contributed by atoms with E-state index in [1.165, 1.54) is 5.69 Å². The van der Waals surface area contributed by atoms with E-state index in [1.54, 1.807) is 0 Å². The molecule has 0 aliphatic heterocycles. The molecule has 0 aromatic carbocycles. The molecule has 0 radical (unpaired) electrons. The number of nitrogens with zero attached hydrogens (tertiary/aromatic N) is 2. The first-order valence-corrected chi connectivity index (χ1v) is 5.76. The zero-order valence-corrected chi connectivity index (χ0v) is 10.4. The predicted octanol–water partition coefficient (Wildman–Crippen LogP) is 2.04. The monoisotopic (exact) mass is 209 g/mol. The van der Waals surface area contributed by atoms with Gasteiger partial charge in [-0.05, 0) is 44.2 Å². The van der Waals surface area contributed by atoms with Gasteiger partial charge in [0.1, 0.15) is 0 Å². The molecule has 0 saturated carbocycles. The zero-order valence-electron chi connectivity index (χ0n) is 10.4. The Morgan fingerprint density at radius 1 is 1.40 bits per heavy atom. The quantitative estimate of drug-likeness (QED) is 0.806. The predicted molar refractivity (Wildman–Crippen MR) is 63.7 cm³/mol. The number of aromatic nitrogens is 2. The van der Waals surface area contributed by atoms with Crippen molar-refractivity contribution < 1.29 is 0 Å². The van der Waals surface area contributed by atoms with Crippen LogP contribution in [0.1, 0.15) is 38.1 Å². The largest absolute Gasteiger partial charge is 0.330 e. The smallest absolute Gasteiger partial charge is 0.0596 e. The van der Waals surface area contributed by atoms with Crippen molar-refractivity contribution in [3.8, 4) is 0 Å². The summed E-state index contributed by atoms with van der Waals surface area (Å²) in [7, 11) is 2.01. The van der Waals surface area contributed by atoms with Gasteiger partial charge >= 0.3 is 0 Å². The average Bonchev–Trinajstić information content (AvgIpc) is 2.54. The van der Waals surface area contributed by atoms with E-state index in [9.17, 15) is 0 Å². The first-order chi connectivity index (χ1) is 7.06. The van der Waals surface area contributed by atoms with Gasteiger partial charge in [0.25, 0.3) is 0 Å². The van der Waals surface area contributed by atoms with Crippen LogP contribution < -0.4 is 5.73 Å². The summed E-state index contributed by atoms with van der Waals surface area (Å²) in [6.07, 6.45) is 3.29. The standard InChI is InChI=1S/C12H23N3/c1-5-12(6-2,9-13)8-11-7-10(3)14-15(11)4/h7H,5-6,8-9,13H2,1-4H3. The third kappa shape index (κ3) is 2.59. The Kier molecular flexibility index (Phi) is 3.91. The molecule has 15 heavy (non-hydrogen) atoms. The van der Waals surface area contributed by atoms with Crippen LogP contribution >= 0.6 is 0 Å². The van der Waals surface area contributed by atoms with E-state index < -0.39 is 0 Å². The number of rotatable bonds is 5. The summed E-state index contributed by atoms with van der Waals surface area (Å²) < 4.78 is 1.98. The fourth-order valence-corrected chi connectivity index (χ4v) is 2.07. The highest BCUT2D eigenvalue weighted by Gasteiger charge is 2.26. The van der Waals surface area contributed by atoms with Gasteiger partial charge in [-0.1, -0.05) is 13.8 Å². The number of aryl methyl sites for hydroxylation is 2. The van der Waals surface area contributed by atoms with Gasteiger partial charge in [0, 0.05) is 12.7 Å². The second-order valence-corrected chi connectivity index (χ2v) is 4.49. The third-order valence-electron chi connectivity index (χ3n) is 3.59. The van der Waals surface area contributed by atoms with Crippen molar-refractivity contribution in [1.82, 2.24) is 9.78 Å². The van der Waals surface area contributed by atoms with Crippen LogP contribution in [0.2, 0.25) is 0 Å². The van der Waals surface area contributed by atoms with E-state index in [4.69, 9.17) is 5.73 Å². The summed E-state index contributed by atoms with van der Waals surface area (Å²) in [5.74, 6) is 0. The third-order valence-corrected chi connectivity index (χ3v) is 3.59. The van der Waals surface area contributed by atoms with Crippen molar-refractivity contribution in [2.75, 3.05) is 6.54 Å². The van der Waals surface area contributed by atoms with E-state index in [0.29, 0.717) is 0 Å². The molecule has 0 aliphatic rings. The van der Waals surface area contributed by atoms with Crippen molar-refractivity contribution >= 4 is 0 Å². The molecule has 0 amide bonds. The molecule has 2 N–H and O–H groups in total. The van der Waals surface area contributed by atoms with E-state index in [0.717, 1.165) is 31.5 Å². The molecular formula is C12H23N3. The fourth-order valence-electron chi connectivity index (χ4n) is 2.07. The lowest BCUT2D eigenvalue weighted by atomic mass is 9.78. The minimum atomic E-state index is 0.250. The van der Waals surface area contributed by atoms with Gasteiger partial charge in [-0.15, -0.1) is 0 Å². The molecule has 1 rings (SSSR count). The highest BCUT2D eigenvalue weighted by molar-refractivity contribution is 5.11. The average molecular weight is 209 g/mol. The van der Waals surface area contributed by atoms with Gasteiger partial charge in [0.05, 0.1) is 5.69 Å². The molecule has 0 spiro atoms. The molecule has 1 heterocycles. The lowest BCUT2D eigenvalue weighted by Crippen LogP contribution is -2.32. The van der Waals surface area contributed by atoms with Crippen LogP contribution in [-0.2, 0) is 13.5 Å². The molecular weight excluding hydrogens is 186 g/mol. The fraction of sp³-hybridized carbons (Fsp3) is 0.750. The van der Waals surface area contributed by atoms with E-state index in [1.807, 2.05) is 18.7 Å². The molecule has 0 bridgehead atoms. The summed E-state index contributed by atoms with van der Waals surface area (Å²) in [6, 6.07) is 2.16. The van der Waals surface area contributed by atoms with Crippen molar-refractivity contribution in [2.45, 2.75) is 40.0 Å². The van der Waals surface area contributed by atoms with Crippen LogP contribution in [0.25, 0.3) is 0 Å². The van der Waals surface area contributed by atoms with Crippen LogP contribution in [0.15, 0.2) is 6.07 Å². The van der Waals surface area contributed by atoms with Crippen LogP contribution in [0, 0.1) is 12.3 Å². The summed E-state index contributed by atoms with van der Waals surface area (Å²) in [6.45, 7) is 7.23. The summed E-state index contributed by atoms with van der Waals surface area (Å²) >= 11 is 0. The van der Waals surface area contributed by atoms with Crippen LogP contribution in [0.3, 0.4) is 0 Å². The molecule has 0 atom stereocenters. The normalized spacial score (nSPS) is 12.1. The van der Waals surface area contributed by atoms with E-state index in [2.05, 4.69) is 25.0 Å². The van der Waals surface area contributed by atoms with Gasteiger partial charge in [-0.25, -0.2) is 0 Å². The maximum absolute atomic E-state index is 5.90. The summed E-state index contributed by atoms with van der Waals surface area (Å²) in [4.78, 5) is 0. The highest BCUT2D eigenvalue weighted by atomic mass is 15.3. The number of hydrogen-bond donors (Lipinski definition) is 1. The summed E-state index contributed by atoms with van der Waals surface area (Å²) in [5, 5.41) is 4.37. The molecule has 86 valence electrons. The van der Waals surface area contributed by atoms with Crippen LogP contribution in [-0.4, -0.2) is 16.3 Å². The summed E-state index contributed by atoms with van der Waals surface area (Å²) in [5.41, 5.74) is 8.54. The number of hydrogen-bond acceptors (Lipinski definition) is 2. The SMILES string of the molecule is CCC(CC)(CN)Cc1cc(C)nn1C. The second-order valence-electron chi connectivity index (χ2n) is 4.49. The Morgan fingerprint density at radius 3 is 2.33 bits per heavy atom. The van der Waals surface area contributed by atoms with Crippen molar-refractivity contribution in [1.29, 1.82) is 0 Å². The Labute approximate surface area is 92.7 Å². The van der Waals surface area contributed by atoms with Gasteiger partial charge < -0.3 is 5.73 Å². The van der Waals surface area contributed by atoms with Crippen molar-refractivity contribution in [3.63, 3.8) is 0 Å². The van der Waals surface area contributed by atoms with Gasteiger partial charge in [-0.3, -0.25) is 4.68 Å². The Hall–Kier alpha value is -0.830. The lowest BCUT2D eigenvalue weighted by molar-refractivity contribution is 0.265. The molecule has 0 saturated heterocycles. The lowest BCUT2D eigenvalue weighted by Gasteiger charge is -2.30. The first-order valence-electron chi connectivity index (χ1n) is 5.76. The first kappa shape index (κ1) is 12.2. The van der Waals surface area contributed by atoms with Crippen LogP contribution in [0.4, 0.5) is 0 Å². The van der Waals surface area contributed by atoms with Gasteiger partial charge in [-0.2, -0.15) is 5.10 Å². The van der Waals surface area contributed by atoms with Crippen LogP contribution in [0.5, 0.6) is 0 Å². The highest BCUT2D eigenvalue weighted by Crippen LogP contribution is 2.29. The maximum Gasteiger partial charge on any atom is 0.0596 e. The van der Waals surface area contributed by atoms with Gasteiger partial charge in [0.2, 0.25) is 0 Å². The van der Waals surface area contributed by atoms with Crippen molar-refractivity contribution in [3.05, 3.63) is 17.5 Å². The van der Waals surface area contributed by atoms with E-state index >= 15 is 0 Å². The van der Waals surface area contributed by atoms with Crippen molar-refractivity contribution in [2.24, 2.45) is 18.2 Å². The molecule has 0 unspecified atom stereocenters. The maximum atomic E-state index is 5.90. The number of nitrogens with two attached hydrogens (primary N) is 1. The Bertz CT molecular complexity index is 302. The second kappa shape index (κ2) is 4.79. The molecule has 3 heteroatoms. The Morgan fingerprint density at radius 2 is 2.00 bits per heavy atom. The molecule has 3 nitrogen and oxygen atoms in total. The molecule has 0 fully saturated rings. The topological polar surface area (TPSA) is 43.8 Å². The van der Waals surface area contributed by atoms with E-state index in [-0.39, 0.29) is 5.41 Å². The Balaban J connectivity index is 2.87. The zero-order chi connectivity index (χ0) is 11.5. The van der Waals surface area contributed by atoms with Gasteiger partial charge in [0.15, 0.2) is 0 Å². The molecule has 1 aromatic heterocycles. The molecule has 1 aromatic rings. The minimum absolute atomic E-state index is 0.250. The minimum Gasteiger partial charge on any atom is -0.330 e.